The molecule has 1 fully saturated rings. The fraction of sp³-hybridized carbons (Fsp3) is 0.846. The smallest absolute Gasteiger partial charge is 0.334 e. The summed E-state index contributed by atoms with van der Waals surface area (Å²) in [7, 11) is 0. The van der Waals surface area contributed by atoms with Crippen LogP contribution in [0, 0.1) is 5.92 Å². The molecule has 1 aliphatic rings. The molecule has 4 nitrogen and oxygen atoms in total. The minimum absolute atomic E-state index is 0.140. The number of ether oxygens (including phenoxy) is 2. The minimum Gasteiger partial charge on any atom is -0.462 e. The molecule has 0 spiro atoms. The van der Waals surface area contributed by atoms with E-state index in [1.807, 2.05) is 13.8 Å². The Hall–Kier alpha value is -1.32. The maximum atomic E-state index is 13.0. The Labute approximate surface area is 185 Å². The van der Waals surface area contributed by atoms with E-state index in [4.69, 9.17) is 9.47 Å². The zero-order valence-corrected chi connectivity index (χ0v) is 19.9. The average Bonchev–Trinajstić information content (AvgIpc) is 2.77. The van der Waals surface area contributed by atoms with E-state index in [2.05, 4.69) is 6.92 Å². The maximum Gasteiger partial charge on any atom is 0.334 e. The second-order valence-electron chi connectivity index (χ2n) is 8.72. The molecule has 4 heteroatoms. The predicted octanol–water partition coefficient (Wildman–Crippen LogP) is 7.30. The Morgan fingerprint density at radius 2 is 1.20 bits per heavy atom. The van der Waals surface area contributed by atoms with Gasteiger partial charge >= 0.3 is 11.9 Å². The minimum atomic E-state index is -0.297. The van der Waals surface area contributed by atoms with Gasteiger partial charge in [0.25, 0.3) is 0 Å². The molecule has 0 aliphatic heterocycles. The van der Waals surface area contributed by atoms with Crippen LogP contribution in [0.15, 0.2) is 11.1 Å². The molecule has 0 radical (unpaired) electrons. The van der Waals surface area contributed by atoms with Crippen LogP contribution in [0.2, 0.25) is 0 Å². The highest BCUT2D eigenvalue weighted by Crippen LogP contribution is 2.34. The van der Waals surface area contributed by atoms with E-state index < -0.39 is 0 Å². The van der Waals surface area contributed by atoms with Crippen molar-refractivity contribution in [3.63, 3.8) is 0 Å². The molecule has 0 heterocycles. The third-order valence-corrected chi connectivity index (χ3v) is 5.96. The van der Waals surface area contributed by atoms with Gasteiger partial charge in [0.1, 0.15) is 0 Å². The molecule has 0 N–H and O–H groups in total. The average molecular weight is 423 g/mol. The molecule has 0 aromatic carbocycles. The van der Waals surface area contributed by atoms with E-state index in [1.54, 1.807) is 0 Å². The Balaban J connectivity index is 2.86. The van der Waals surface area contributed by atoms with E-state index in [9.17, 15) is 9.59 Å². The standard InChI is InChI=1S/C26H46O4/c1-4-7-8-9-10-11-12-16-19-23(25(27)29-20-5-2)24(26(28)30-21-6-3)22-17-14-13-15-18-22/h22H,4-21H2,1-3H3. The first-order chi connectivity index (χ1) is 14.7. The Kier molecular flexibility index (Phi) is 15.5. The van der Waals surface area contributed by atoms with Crippen LogP contribution in [-0.2, 0) is 19.1 Å². The molecule has 0 aromatic heterocycles. The third kappa shape index (κ3) is 10.6. The van der Waals surface area contributed by atoms with Crippen molar-refractivity contribution in [1.29, 1.82) is 0 Å². The molecule has 30 heavy (non-hydrogen) atoms. The molecule has 1 aliphatic carbocycles. The molecule has 0 saturated heterocycles. The Morgan fingerprint density at radius 1 is 0.667 bits per heavy atom. The fourth-order valence-electron chi connectivity index (χ4n) is 4.26. The van der Waals surface area contributed by atoms with Crippen molar-refractivity contribution < 1.29 is 19.1 Å². The Morgan fingerprint density at radius 3 is 1.77 bits per heavy atom. The highest BCUT2D eigenvalue weighted by Gasteiger charge is 2.30. The van der Waals surface area contributed by atoms with Gasteiger partial charge < -0.3 is 9.47 Å². The summed E-state index contributed by atoms with van der Waals surface area (Å²) in [6.07, 6.45) is 17.3. The van der Waals surface area contributed by atoms with Gasteiger partial charge in [-0.2, -0.15) is 0 Å². The molecular formula is C26H46O4. The van der Waals surface area contributed by atoms with Crippen LogP contribution in [-0.4, -0.2) is 25.2 Å². The molecule has 0 amide bonds. The van der Waals surface area contributed by atoms with Crippen LogP contribution in [0.1, 0.15) is 124 Å². The van der Waals surface area contributed by atoms with E-state index in [0.29, 0.717) is 30.8 Å². The number of unbranched alkanes of at least 4 members (excludes halogenated alkanes) is 7. The lowest BCUT2D eigenvalue weighted by atomic mass is 9.80. The first-order valence-electron chi connectivity index (χ1n) is 12.7. The van der Waals surface area contributed by atoms with Crippen molar-refractivity contribution in [1.82, 2.24) is 0 Å². The molecule has 174 valence electrons. The van der Waals surface area contributed by atoms with Gasteiger partial charge in [0.05, 0.1) is 18.8 Å². The van der Waals surface area contributed by atoms with Gasteiger partial charge in [0, 0.05) is 5.57 Å². The Bertz CT molecular complexity index is 503. The molecule has 1 saturated carbocycles. The van der Waals surface area contributed by atoms with Gasteiger partial charge in [-0.15, -0.1) is 0 Å². The van der Waals surface area contributed by atoms with E-state index in [1.165, 1.54) is 44.9 Å². The van der Waals surface area contributed by atoms with E-state index in [0.717, 1.165) is 51.4 Å². The van der Waals surface area contributed by atoms with Crippen molar-refractivity contribution in [2.45, 2.75) is 124 Å². The first kappa shape index (κ1) is 26.7. The first-order valence-corrected chi connectivity index (χ1v) is 12.7. The topological polar surface area (TPSA) is 52.6 Å². The molecule has 1 rings (SSSR count). The number of rotatable bonds is 16. The summed E-state index contributed by atoms with van der Waals surface area (Å²) in [5, 5.41) is 0. The second kappa shape index (κ2) is 17.4. The maximum absolute atomic E-state index is 13.0. The van der Waals surface area contributed by atoms with Crippen molar-refractivity contribution >= 4 is 11.9 Å². The van der Waals surface area contributed by atoms with Crippen LogP contribution in [0.3, 0.4) is 0 Å². The lowest BCUT2D eigenvalue weighted by Gasteiger charge is -2.25. The van der Waals surface area contributed by atoms with Gasteiger partial charge in [-0.25, -0.2) is 9.59 Å². The van der Waals surface area contributed by atoms with Gasteiger partial charge in [-0.3, -0.25) is 0 Å². The molecule has 0 bridgehead atoms. The molecular weight excluding hydrogens is 376 g/mol. The van der Waals surface area contributed by atoms with Crippen molar-refractivity contribution in [3.8, 4) is 0 Å². The van der Waals surface area contributed by atoms with Gasteiger partial charge in [0.2, 0.25) is 0 Å². The monoisotopic (exact) mass is 422 g/mol. The van der Waals surface area contributed by atoms with Crippen LogP contribution in [0.25, 0.3) is 0 Å². The van der Waals surface area contributed by atoms with Crippen molar-refractivity contribution in [3.05, 3.63) is 11.1 Å². The van der Waals surface area contributed by atoms with Crippen molar-refractivity contribution in [2.24, 2.45) is 5.92 Å². The second-order valence-corrected chi connectivity index (χ2v) is 8.72. The van der Waals surface area contributed by atoms with Crippen LogP contribution >= 0.6 is 0 Å². The number of carbonyl (C=O) groups excluding carboxylic acids is 2. The number of carbonyl (C=O) groups is 2. The number of esters is 2. The summed E-state index contributed by atoms with van der Waals surface area (Å²) < 4.78 is 11.0. The summed E-state index contributed by atoms with van der Waals surface area (Å²) in [4.78, 5) is 25.9. The molecule has 0 aromatic rings. The lowest BCUT2D eigenvalue weighted by Crippen LogP contribution is -2.24. The lowest BCUT2D eigenvalue weighted by molar-refractivity contribution is -0.143. The summed E-state index contributed by atoms with van der Waals surface area (Å²) in [5.74, 6) is -0.443. The summed E-state index contributed by atoms with van der Waals surface area (Å²) in [6, 6.07) is 0. The zero-order valence-electron chi connectivity index (χ0n) is 19.9. The highest BCUT2D eigenvalue weighted by molar-refractivity contribution is 6.00. The van der Waals surface area contributed by atoms with Gasteiger partial charge in [-0.05, 0) is 44.4 Å². The van der Waals surface area contributed by atoms with E-state index >= 15 is 0 Å². The summed E-state index contributed by atoms with van der Waals surface area (Å²) >= 11 is 0. The van der Waals surface area contributed by atoms with Crippen molar-refractivity contribution in [2.75, 3.05) is 13.2 Å². The third-order valence-electron chi connectivity index (χ3n) is 5.96. The van der Waals surface area contributed by atoms with Crippen LogP contribution < -0.4 is 0 Å². The zero-order chi connectivity index (χ0) is 22.0. The van der Waals surface area contributed by atoms with Crippen LogP contribution in [0.4, 0.5) is 0 Å². The molecule has 0 atom stereocenters. The largest absolute Gasteiger partial charge is 0.462 e. The summed E-state index contributed by atoms with van der Waals surface area (Å²) in [5.41, 5.74) is 1.23. The van der Waals surface area contributed by atoms with Crippen LogP contribution in [0.5, 0.6) is 0 Å². The highest BCUT2D eigenvalue weighted by atomic mass is 16.5. The molecule has 0 unspecified atom stereocenters. The predicted molar refractivity (Wildman–Crippen MR) is 123 cm³/mol. The quantitative estimate of drug-likeness (QED) is 0.149. The van der Waals surface area contributed by atoms with Gasteiger partial charge in [0.15, 0.2) is 0 Å². The van der Waals surface area contributed by atoms with E-state index in [-0.39, 0.29) is 17.9 Å². The number of hydrogen-bond acceptors (Lipinski definition) is 4. The SMILES string of the molecule is CCCCCCCCCCC(C(=O)OCCC)=C(C(=O)OCCC)C1CCCCC1. The summed E-state index contributed by atoms with van der Waals surface area (Å²) in [6.45, 7) is 7.04. The van der Waals surface area contributed by atoms with Gasteiger partial charge in [-0.1, -0.05) is 85.0 Å². The number of hydrogen-bond donors (Lipinski definition) is 0. The fourth-order valence-corrected chi connectivity index (χ4v) is 4.26. The normalized spacial score (nSPS) is 15.6.